The Morgan fingerprint density at radius 2 is 2.21 bits per heavy atom. The molecule has 98 valence electrons. The predicted molar refractivity (Wildman–Crippen MR) is 68.2 cm³/mol. The number of nitrogens with zero attached hydrogens (tertiary/aromatic N) is 5. The molecule has 0 N–H and O–H groups in total. The van der Waals surface area contributed by atoms with E-state index in [4.69, 9.17) is 5.26 Å². The zero-order chi connectivity index (χ0) is 13.6. The number of carbonyl (C=O) groups excluding carboxylic acids is 1. The Labute approximate surface area is 111 Å². The van der Waals surface area contributed by atoms with Gasteiger partial charge in [0.1, 0.15) is 11.9 Å². The minimum atomic E-state index is 0.125. The molecule has 2 fully saturated rings. The first-order valence-corrected chi connectivity index (χ1v) is 6.33. The van der Waals surface area contributed by atoms with Crippen LogP contribution in [0, 0.1) is 23.2 Å². The van der Waals surface area contributed by atoms with E-state index in [2.05, 4.69) is 14.9 Å². The molecule has 0 bridgehead atoms. The lowest BCUT2D eigenvalue weighted by atomic mass is 10.3. The molecule has 1 aliphatic heterocycles. The van der Waals surface area contributed by atoms with Gasteiger partial charge in [0, 0.05) is 51.1 Å². The van der Waals surface area contributed by atoms with Gasteiger partial charge in [-0.25, -0.2) is 9.97 Å². The monoisotopic (exact) mass is 257 g/mol. The van der Waals surface area contributed by atoms with Crippen molar-refractivity contribution in [3.63, 3.8) is 0 Å². The fraction of sp³-hybridized carbons (Fsp3) is 0.538. The highest BCUT2D eigenvalue weighted by molar-refractivity contribution is 5.74. The molecule has 3 rings (SSSR count). The molecule has 19 heavy (non-hydrogen) atoms. The van der Waals surface area contributed by atoms with Crippen LogP contribution >= 0.6 is 0 Å². The molecule has 1 aromatic heterocycles. The van der Waals surface area contributed by atoms with Crippen molar-refractivity contribution in [2.45, 2.75) is 13.0 Å². The van der Waals surface area contributed by atoms with Gasteiger partial charge in [-0.3, -0.25) is 4.79 Å². The van der Waals surface area contributed by atoms with Crippen molar-refractivity contribution in [1.29, 1.82) is 5.26 Å². The minimum Gasteiger partial charge on any atom is -0.356 e. The van der Waals surface area contributed by atoms with E-state index in [-0.39, 0.29) is 11.7 Å². The van der Waals surface area contributed by atoms with E-state index in [0.29, 0.717) is 17.9 Å². The maximum atomic E-state index is 11.3. The van der Waals surface area contributed by atoms with Gasteiger partial charge in [0.2, 0.25) is 11.7 Å². The van der Waals surface area contributed by atoms with Crippen molar-refractivity contribution in [3.8, 4) is 6.07 Å². The van der Waals surface area contributed by atoms with Crippen LogP contribution < -0.4 is 4.90 Å². The lowest BCUT2D eigenvalue weighted by Gasteiger charge is -2.24. The van der Waals surface area contributed by atoms with E-state index in [1.54, 1.807) is 13.1 Å². The standard InChI is InChI=1S/C13H15N5O/c1-8(19)17(2)13-9-6-18(7-10(9)13)12-3-4-15-11(5-14)16-12/h3-4,9-10,13H,6-7H2,1-2H3/t9-,10+,13?. The number of fused-ring (bicyclic) bond motifs is 1. The number of rotatable bonds is 2. The molecule has 2 aliphatic rings. The van der Waals surface area contributed by atoms with Gasteiger partial charge in [-0.15, -0.1) is 0 Å². The summed E-state index contributed by atoms with van der Waals surface area (Å²) in [7, 11) is 1.87. The second-order valence-electron chi connectivity index (χ2n) is 5.20. The number of anilines is 1. The van der Waals surface area contributed by atoms with Crippen LogP contribution in [0.3, 0.4) is 0 Å². The quantitative estimate of drug-likeness (QED) is 0.760. The Hall–Kier alpha value is -2.16. The molecule has 1 saturated heterocycles. The number of carbonyl (C=O) groups is 1. The van der Waals surface area contributed by atoms with Gasteiger partial charge in [-0.1, -0.05) is 0 Å². The maximum absolute atomic E-state index is 11.3. The summed E-state index contributed by atoms with van der Waals surface area (Å²) in [6, 6.07) is 4.16. The Morgan fingerprint density at radius 3 is 2.79 bits per heavy atom. The smallest absolute Gasteiger partial charge is 0.234 e. The summed E-state index contributed by atoms with van der Waals surface area (Å²) in [6.45, 7) is 3.40. The van der Waals surface area contributed by atoms with E-state index < -0.39 is 0 Å². The van der Waals surface area contributed by atoms with Crippen LogP contribution in [0.2, 0.25) is 0 Å². The van der Waals surface area contributed by atoms with Crippen molar-refractivity contribution in [3.05, 3.63) is 18.1 Å². The van der Waals surface area contributed by atoms with Gasteiger partial charge >= 0.3 is 0 Å². The highest BCUT2D eigenvalue weighted by atomic mass is 16.2. The van der Waals surface area contributed by atoms with Crippen molar-refractivity contribution >= 4 is 11.7 Å². The second-order valence-corrected chi connectivity index (χ2v) is 5.20. The van der Waals surface area contributed by atoms with Crippen LogP contribution in [0.1, 0.15) is 12.7 Å². The molecule has 1 saturated carbocycles. The molecule has 0 radical (unpaired) electrons. The maximum Gasteiger partial charge on any atom is 0.234 e. The molecular formula is C13H15N5O. The van der Waals surface area contributed by atoms with Gasteiger partial charge in [0.05, 0.1) is 0 Å². The first kappa shape index (κ1) is 11.9. The predicted octanol–water partition coefficient (Wildman–Crippen LogP) is 0.261. The molecule has 1 aromatic rings. The summed E-state index contributed by atoms with van der Waals surface area (Å²) in [5, 5.41) is 8.80. The molecular weight excluding hydrogens is 242 g/mol. The number of hydrogen-bond acceptors (Lipinski definition) is 5. The minimum absolute atomic E-state index is 0.125. The molecule has 6 nitrogen and oxygen atoms in total. The molecule has 3 atom stereocenters. The average Bonchev–Trinajstić information content (AvgIpc) is 2.91. The molecule has 6 heteroatoms. The van der Waals surface area contributed by atoms with Crippen LogP contribution in [0.4, 0.5) is 5.82 Å². The molecule has 0 aromatic carbocycles. The summed E-state index contributed by atoms with van der Waals surface area (Å²) in [5.74, 6) is 2.21. The third-order valence-electron chi connectivity index (χ3n) is 4.16. The second kappa shape index (κ2) is 4.19. The van der Waals surface area contributed by atoms with E-state index >= 15 is 0 Å². The summed E-state index contributed by atoms with van der Waals surface area (Å²) in [6.07, 6.45) is 1.62. The largest absolute Gasteiger partial charge is 0.356 e. The van der Waals surface area contributed by atoms with Crippen molar-refractivity contribution < 1.29 is 4.79 Å². The third kappa shape index (κ3) is 1.91. The summed E-state index contributed by atoms with van der Waals surface area (Å²) >= 11 is 0. The number of piperidine rings is 1. The zero-order valence-corrected chi connectivity index (χ0v) is 10.9. The Kier molecular flexibility index (Phi) is 2.63. The normalized spacial score (nSPS) is 27.6. The van der Waals surface area contributed by atoms with E-state index in [0.717, 1.165) is 18.9 Å². The summed E-state index contributed by atoms with van der Waals surface area (Å²) in [4.78, 5) is 23.4. The molecule has 1 amide bonds. The summed E-state index contributed by atoms with van der Waals surface area (Å²) < 4.78 is 0. The highest BCUT2D eigenvalue weighted by Gasteiger charge is 2.58. The molecule has 0 spiro atoms. The first-order valence-electron chi connectivity index (χ1n) is 6.33. The van der Waals surface area contributed by atoms with Gasteiger partial charge in [0.25, 0.3) is 0 Å². The number of nitriles is 1. The number of aromatic nitrogens is 2. The third-order valence-corrected chi connectivity index (χ3v) is 4.16. The highest BCUT2D eigenvalue weighted by Crippen LogP contribution is 2.49. The lowest BCUT2D eigenvalue weighted by Crippen LogP contribution is -2.35. The SMILES string of the molecule is CC(=O)N(C)C1[C@H]2CN(c3ccnc(C#N)n3)C[C@@H]12. The van der Waals surface area contributed by atoms with Crippen molar-refractivity contribution in [1.82, 2.24) is 14.9 Å². The van der Waals surface area contributed by atoms with Crippen molar-refractivity contribution in [2.75, 3.05) is 25.0 Å². The van der Waals surface area contributed by atoms with Crippen LogP contribution in [0.5, 0.6) is 0 Å². The Bertz CT molecular complexity index is 554. The Balaban J connectivity index is 1.67. The first-order chi connectivity index (χ1) is 9.11. The lowest BCUT2D eigenvalue weighted by molar-refractivity contribution is -0.128. The van der Waals surface area contributed by atoms with E-state index in [1.165, 1.54) is 0 Å². The molecule has 1 aliphatic carbocycles. The van der Waals surface area contributed by atoms with E-state index in [1.807, 2.05) is 24.1 Å². The zero-order valence-electron chi connectivity index (χ0n) is 10.9. The molecule has 2 heterocycles. The van der Waals surface area contributed by atoms with Gasteiger partial charge in [-0.05, 0) is 6.07 Å². The van der Waals surface area contributed by atoms with Crippen molar-refractivity contribution in [2.24, 2.45) is 11.8 Å². The number of hydrogen-bond donors (Lipinski definition) is 0. The van der Waals surface area contributed by atoms with Crippen LogP contribution in [-0.4, -0.2) is 47.0 Å². The fourth-order valence-electron chi connectivity index (χ4n) is 3.05. The Morgan fingerprint density at radius 1 is 1.53 bits per heavy atom. The van der Waals surface area contributed by atoms with Gasteiger partial charge in [0.15, 0.2) is 0 Å². The topological polar surface area (TPSA) is 73.1 Å². The van der Waals surface area contributed by atoms with Crippen LogP contribution in [-0.2, 0) is 4.79 Å². The van der Waals surface area contributed by atoms with Crippen LogP contribution in [0.15, 0.2) is 12.3 Å². The number of amides is 1. The summed E-state index contributed by atoms with van der Waals surface area (Å²) in [5.41, 5.74) is 0. The molecule has 1 unspecified atom stereocenters. The average molecular weight is 257 g/mol. The van der Waals surface area contributed by atoms with Gasteiger partial charge < -0.3 is 9.80 Å². The fourth-order valence-corrected chi connectivity index (χ4v) is 3.05. The van der Waals surface area contributed by atoms with Crippen LogP contribution in [0.25, 0.3) is 0 Å². The van der Waals surface area contributed by atoms with Gasteiger partial charge in [-0.2, -0.15) is 5.26 Å². The van der Waals surface area contributed by atoms with E-state index in [9.17, 15) is 4.79 Å².